The highest BCUT2D eigenvalue weighted by molar-refractivity contribution is 5.97. The minimum absolute atomic E-state index is 0.0231. The summed E-state index contributed by atoms with van der Waals surface area (Å²) in [7, 11) is 2.91. The van der Waals surface area contributed by atoms with Crippen molar-refractivity contribution in [3.8, 4) is 11.5 Å². The van der Waals surface area contributed by atoms with Gasteiger partial charge in [-0.3, -0.25) is 4.79 Å². The lowest BCUT2D eigenvalue weighted by atomic mass is 9.93. The van der Waals surface area contributed by atoms with Crippen LogP contribution in [0.2, 0.25) is 0 Å². The van der Waals surface area contributed by atoms with Gasteiger partial charge < -0.3 is 20.1 Å². The molecule has 0 aromatic heterocycles. The number of hydrogen-bond acceptors (Lipinski definition) is 4. The summed E-state index contributed by atoms with van der Waals surface area (Å²) in [6, 6.07) is 4.43. The fourth-order valence-electron chi connectivity index (χ4n) is 2.04. The molecule has 7 heteroatoms. The number of hydrogen-bond donors (Lipinski definition) is 1. The number of carbonyl (C=O) groups excluding carboxylic acids is 1. The molecule has 0 aliphatic rings. The number of amides is 1. The molecule has 0 saturated heterocycles. The molecular formula is C15H22F2N2O3. The highest BCUT2D eigenvalue weighted by Gasteiger charge is 2.26. The first-order chi connectivity index (χ1) is 10.2. The Morgan fingerprint density at radius 1 is 1.41 bits per heavy atom. The molecule has 22 heavy (non-hydrogen) atoms. The van der Waals surface area contributed by atoms with Crippen LogP contribution in [0.4, 0.5) is 8.78 Å². The van der Waals surface area contributed by atoms with Gasteiger partial charge in [0, 0.05) is 13.6 Å². The van der Waals surface area contributed by atoms with Crippen molar-refractivity contribution in [1.29, 1.82) is 0 Å². The maximum atomic E-state index is 12.6. The van der Waals surface area contributed by atoms with Crippen LogP contribution in [0.1, 0.15) is 24.2 Å². The number of halogens is 2. The first kappa shape index (κ1) is 18.2. The second-order valence-electron chi connectivity index (χ2n) is 5.75. The molecule has 5 nitrogen and oxygen atoms in total. The number of alkyl halides is 2. The number of nitrogens with two attached hydrogens (primary N) is 1. The first-order valence-electron chi connectivity index (χ1n) is 6.79. The summed E-state index contributed by atoms with van der Waals surface area (Å²) in [6.07, 6.45) is 0. The second kappa shape index (κ2) is 7.40. The van der Waals surface area contributed by atoms with Gasteiger partial charge in [-0.2, -0.15) is 8.78 Å². The Balaban J connectivity index is 3.11. The summed E-state index contributed by atoms with van der Waals surface area (Å²) >= 11 is 0. The number of ether oxygens (including phenoxy) is 2. The van der Waals surface area contributed by atoms with Gasteiger partial charge in [0.25, 0.3) is 5.91 Å². The van der Waals surface area contributed by atoms with Crippen molar-refractivity contribution in [1.82, 2.24) is 4.90 Å². The predicted molar refractivity (Wildman–Crippen MR) is 79.4 cm³/mol. The Morgan fingerprint density at radius 3 is 2.55 bits per heavy atom. The zero-order valence-electron chi connectivity index (χ0n) is 13.2. The van der Waals surface area contributed by atoms with Crippen LogP contribution in [-0.2, 0) is 0 Å². The molecule has 0 atom stereocenters. The van der Waals surface area contributed by atoms with Crippen molar-refractivity contribution in [2.24, 2.45) is 11.1 Å². The average Bonchev–Trinajstić information content (AvgIpc) is 2.45. The van der Waals surface area contributed by atoms with E-state index in [1.54, 1.807) is 13.1 Å². The van der Waals surface area contributed by atoms with Crippen molar-refractivity contribution in [3.63, 3.8) is 0 Å². The molecule has 1 rings (SSSR count). The predicted octanol–water partition coefficient (Wildman–Crippen LogP) is 2.35. The van der Waals surface area contributed by atoms with Gasteiger partial charge in [0.1, 0.15) is 0 Å². The number of carbonyl (C=O) groups is 1. The molecule has 2 N–H and O–H groups in total. The Labute approximate surface area is 129 Å². The molecule has 0 unspecified atom stereocenters. The maximum Gasteiger partial charge on any atom is 0.387 e. The van der Waals surface area contributed by atoms with Gasteiger partial charge in [-0.15, -0.1) is 0 Å². The monoisotopic (exact) mass is 316 g/mol. The Bertz CT molecular complexity index is 522. The Kier molecular flexibility index (Phi) is 6.11. The molecular weight excluding hydrogens is 294 g/mol. The van der Waals surface area contributed by atoms with E-state index in [0.717, 1.165) is 0 Å². The van der Waals surface area contributed by atoms with Crippen molar-refractivity contribution in [2.45, 2.75) is 20.5 Å². The van der Waals surface area contributed by atoms with E-state index in [2.05, 4.69) is 4.74 Å². The fraction of sp³-hybridized carbons (Fsp3) is 0.533. The van der Waals surface area contributed by atoms with Gasteiger partial charge in [0.15, 0.2) is 11.5 Å². The SMILES string of the molecule is COc1cccc(C(=O)N(C)CC(C)(C)CN)c1OC(F)F. The van der Waals surface area contributed by atoms with E-state index in [1.165, 1.54) is 24.1 Å². The Hall–Kier alpha value is -1.89. The molecule has 0 aliphatic carbocycles. The van der Waals surface area contributed by atoms with Gasteiger partial charge in [-0.1, -0.05) is 19.9 Å². The molecule has 0 saturated carbocycles. The van der Waals surface area contributed by atoms with Crippen LogP contribution in [0.25, 0.3) is 0 Å². The minimum atomic E-state index is -3.05. The number of rotatable bonds is 7. The van der Waals surface area contributed by atoms with E-state index in [-0.39, 0.29) is 22.5 Å². The third-order valence-corrected chi connectivity index (χ3v) is 3.20. The molecule has 0 spiro atoms. The minimum Gasteiger partial charge on any atom is -0.493 e. The number of para-hydroxylation sites is 1. The lowest BCUT2D eigenvalue weighted by Crippen LogP contribution is -2.39. The maximum absolute atomic E-state index is 12.6. The van der Waals surface area contributed by atoms with E-state index in [9.17, 15) is 13.6 Å². The normalized spacial score (nSPS) is 11.5. The molecule has 124 valence electrons. The van der Waals surface area contributed by atoms with Crippen LogP contribution in [-0.4, -0.2) is 44.7 Å². The van der Waals surface area contributed by atoms with E-state index in [0.29, 0.717) is 13.1 Å². The van der Waals surface area contributed by atoms with Gasteiger partial charge >= 0.3 is 6.61 Å². The molecule has 1 amide bonds. The number of benzene rings is 1. The topological polar surface area (TPSA) is 64.8 Å². The molecule has 0 radical (unpaired) electrons. The van der Waals surface area contributed by atoms with Crippen molar-refractivity contribution >= 4 is 5.91 Å². The summed E-state index contributed by atoms with van der Waals surface area (Å²) < 4.78 is 34.6. The summed E-state index contributed by atoms with van der Waals surface area (Å²) in [5.41, 5.74) is 5.39. The lowest BCUT2D eigenvalue weighted by molar-refractivity contribution is -0.0516. The average molecular weight is 316 g/mol. The molecule has 1 aromatic rings. The van der Waals surface area contributed by atoms with Crippen LogP contribution < -0.4 is 15.2 Å². The zero-order chi connectivity index (χ0) is 16.9. The quantitative estimate of drug-likeness (QED) is 0.838. The summed E-state index contributed by atoms with van der Waals surface area (Å²) in [5, 5.41) is 0. The molecule has 0 aliphatic heterocycles. The molecule has 1 aromatic carbocycles. The summed E-state index contributed by atoms with van der Waals surface area (Å²) in [5.74, 6) is -0.615. The third-order valence-electron chi connectivity index (χ3n) is 3.20. The highest BCUT2D eigenvalue weighted by Crippen LogP contribution is 2.33. The fourth-order valence-corrected chi connectivity index (χ4v) is 2.04. The van der Waals surface area contributed by atoms with E-state index in [1.807, 2.05) is 13.8 Å². The van der Waals surface area contributed by atoms with Crippen molar-refractivity contribution in [3.05, 3.63) is 23.8 Å². The molecule has 0 bridgehead atoms. The van der Waals surface area contributed by atoms with Crippen LogP contribution in [0, 0.1) is 5.41 Å². The number of methoxy groups -OCH3 is 1. The first-order valence-corrected chi connectivity index (χ1v) is 6.79. The smallest absolute Gasteiger partial charge is 0.387 e. The van der Waals surface area contributed by atoms with E-state index >= 15 is 0 Å². The van der Waals surface area contributed by atoms with Crippen LogP contribution in [0.3, 0.4) is 0 Å². The van der Waals surface area contributed by atoms with Crippen LogP contribution in [0.15, 0.2) is 18.2 Å². The second-order valence-corrected chi connectivity index (χ2v) is 5.75. The highest BCUT2D eigenvalue weighted by atomic mass is 19.3. The van der Waals surface area contributed by atoms with Gasteiger partial charge in [-0.05, 0) is 24.1 Å². The zero-order valence-corrected chi connectivity index (χ0v) is 13.2. The van der Waals surface area contributed by atoms with E-state index in [4.69, 9.17) is 10.5 Å². The molecule has 0 fully saturated rings. The standard InChI is InChI=1S/C15H22F2N2O3/c1-15(2,8-18)9-19(3)13(20)10-6-5-7-11(21-4)12(10)22-14(16)17/h5-7,14H,8-9,18H2,1-4H3. The van der Waals surface area contributed by atoms with Crippen molar-refractivity contribution in [2.75, 3.05) is 27.2 Å². The van der Waals surface area contributed by atoms with Gasteiger partial charge in [-0.25, -0.2) is 0 Å². The summed E-state index contributed by atoms with van der Waals surface area (Å²) in [6.45, 7) is 1.56. The Morgan fingerprint density at radius 2 is 2.05 bits per heavy atom. The summed E-state index contributed by atoms with van der Waals surface area (Å²) in [4.78, 5) is 13.9. The van der Waals surface area contributed by atoms with Crippen molar-refractivity contribution < 1.29 is 23.0 Å². The largest absolute Gasteiger partial charge is 0.493 e. The molecule has 0 heterocycles. The van der Waals surface area contributed by atoms with Gasteiger partial charge in [0.05, 0.1) is 12.7 Å². The number of nitrogens with zero attached hydrogens (tertiary/aromatic N) is 1. The van der Waals surface area contributed by atoms with Crippen LogP contribution in [0.5, 0.6) is 11.5 Å². The van der Waals surface area contributed by atoms with Gasteiger partial charge in [0.2, 0.25) is 0 Å². The lowest BCUT2D eigenvalue weighted by Gasteiger charge is -2.29. The van der Waals surface area contributed by atoms with Crippen LogP contribution >= 0.6 is 0 Å². The van der Waals surface area contributed by atoms with E-state index < -0.39 is 12.5 Å². The third kappa shape index (κ3) is 4.56.